The second kappa shape index (κ2) is 15.8. The zero-order chi connectivity index (χ0) is 57.0. The first kappa shape index (κ1) is 51.4. The maximum Gasteiger partial charge on any atom is 0.376 e. The first-order chi connectivity index (χ1) is 37.9. The second-order valence-electron chi connectivity index (χ2n) is 31.7. The van der Waals surface area contributed by atoms with E-state index in [1.54, 1.807) is 0 Å². The topological polar surface area (TPSA) is 32.8 Å². The number of hydrogen-bond donors (Lipinski definition) is 0. The van der Waals surface area contributed by atoms with Crippen LogP contribution in [0.5, 0.6) is 0 Å². The summed E-state index contributed by atoms with van der Waals surface area (Å²) in [6, 6.07) is 41.5. The van der Waals surface area contributed by atoms with E-state index < -0.39 is 0 Å². The molecule has 0 bridgehead atoms. The monoisotopic (exact) mass is 1070 g/mol. The van der Waals surface area contributed by atoms with E-state index in [2.05, 4.69) is 237 Å². The first-order valence-corrected chi connectivity index (χ1v) is 30.7. The smallest absolute Gasteiger partial charge is 0.376 e. The zero-order valence-corrected chi connectivity index (χ0v) is 51.8. The molecule has 6 aliphatic rings. The highest BCUT2D eigenvalue weighted by Crippen LogP contribution is 2.61. The summed E-state index contributed by atoms with van der Waals surface area (Å²) in [5.41, 5.74) is 30.2. The van der Waals surface area contributed by atoms with Crippen LogP contribution in [-0.2, 0) is 43.3 Å². The molecule has 7 aromatic carbocycles. The van der Waals surface area contributed by atoms with Crippen LogP contribution in [0, 0.1) is 6.92 Å². The van der Waals surface area contributed by atoms with E-state index in [1.807, 2.05) is 0 Å². The third-order valence-electron chi connectivity index (χ3n) is 22.3. The molecule has 412 valence electrons. The summed E-state index contributed by atoms with van der Waals surface area (Å²) in [6.45, 7) is 43.5. The molecule has 81 heavy (non-hydrogen) atoms. The Morgan fingerprint density at radius 3 is 1.57 bits per heavy atom. The highest BCUT2D eigenvalue weighted by molar-refractivity contribution is 6.93. The quantitative estimate of drug-likeness (QED) is 0.162. The fourth-order valence-electron chi connectivity index (χ4n) is 16.6. The van der Waals surface area contributed by atoms with Crippen LogP contribution in [-0.4, -0.2) is 6.85 Å². The lowest BCUT2D eigenvalue weighted by atomic mass is 9.45. The van der Waals surface area contributed by atoms with Gasteiger partial charge in [-0.25, -0.2) is 0 Å². The lowest BCUT2D eigenvalue weighted by Gasteiger charge is -2.46. The van der Waals surface area contributed by atoms with Crippen LogP contribution >= 0.6 is 0 Å². The Hall–Kier alpha value is -6.46. The molecule has 4 nitrogen and oxygen atoms in total. The SMILES string of the molecule is Cc1cc2c(cc1N1c3c(oc4cc5c(cc34)C(C)(C)CCC5(C)C)B3c4c(cc5c(oc6ccccc65)c41)-c1cc4c(cc1N3c1ccc(C(C)(C)C)cc1)C(C)(C)c1cc3c(cc1-4)C(C)(C)CCC3(C)C)C(C)(C)CCC2(C)C. The van der Waals surface area contributed by atoms with Crippen molar-refractivity contribution in [2.75, 3.05) is 9.71 Å². The lowest BCUT2D eigenvalue weighted by Crippen LogP contribution is -2.61. The van der Waals surface area contributed by atoms with Gasteiger partial charge in [0.1, 0.15) is 16.8 Å². The number of furan rings is 2. The Bertz CT molecular complexity index is 4270. The average Bonchev–Trinajstić information content (AvgIpc) is 1.98. The van der Waals surface area contributed by atoms with Crippen molar-refractivity contribution in [1.29, 1.82) is 0 Å². The number of hydrogen-bond acceptors (Lipinski definition) is 4. The molecule has 0 atom stereocenters. The molecule has 0 spiro atoms. The first-order valence-electron chi connectivity index (χ1n) is 30.7. The highest BCUT2D eigenvalue weighted by Gasteiger charge is 2.53. The molecule has 4 aliphatic carbocycles. The number of fused-ring (bicyclic) bond motifs is 16. The number of benzene rings is 7. The number of nitrogens with zero attached hydrogens (tertiary/aromatic N) is 2. The summed E-state index contributed by atoms with van der Waals surface area (Å²) in [6.07, 6.45) is 6.91. The molecule has 5 heteroatoms. The van der Waals surface area contributed by atoms with Crippen LogP contribution in [0.2, 0.25) is 0 Å². The van der Waals surface area contributed by atoms with Gasteiger partial charge in [0.05, 0.1) is 11.4 Å². The van der Waals surface area contributed by atoms with Gasteiger partial charge in [0.2, 0.25) is 0 Å². The van der Waals surface area contributed by atoms with Gasteiger partial charge >= 0.3 is 6.85 Å². The van der Waals surface area contributed by atoms with Crippen molar-refractivity contribution in [3.8, 4) is 22.3 Å². The standard InChI is InChI=1S/C76H83BN2O2/c1-42-33-54-58(74(13,14)31-27-70(54,5)6)40-60(42)78-65-51-37-56-59(75(15,16)32-29-72(56,9)10)41-63(51)81-68(65)77-64-49(35-50-45-21-19-20-22-62(45)80-67(50)66(64)78)48-34-46-47-36-55-57(73(11,12)30-28-71(55,7)8)38-52(47)76(17,18)53(46)39-61(48)79(77)44-25-23-43(24-26-44)69(2,3)4/h19-26,33-41H,27-32H2,1-18H3. The van der Waals surface area contributed by atoms with Gasteiger partial charge in [-0.1, -0.05) is 160 Å². The summed E-state index contributed by atoms with van der Waals surface area (Å²) in [5, 5.41) is 3.45. The minimum Gasteiger partial charge on any atom is -0.466 e. The molecule has 0 unspecified atom stereocenters. The minimum absolute atomic E-state index is 0.00375. The summed E-state index contributed by atoms with van der Waals surface area (Å²) in [5.74, 6) is 0. The molecule has 0 saturated carbocycles. The molecule has 9 aromatic rings. The molecule has 4 heterocycles. The van der Waals surface area contributed by atoms with Gasteiger partial charge in [-0.05, 0) is 222 Å². The largest absolute Gasteiger partial charge is 0.466 e. The van der Waals surface area contributed by atoms with Crippen molar-refractivity contribution in [2.24, 2.45) is 0 Å². The van der Waals surface area contributed by atoms with Crippen molar-refractivity contribution in [3.63, 3.8) is 0 Å². The Morgan fingerprint density at radius 2 is 0.951 bits per heavy atom. The molecule has 0 amide bonds. The normalized spacial score (nSPS) is 20.5. The van der Waals surface area contributed by atoms with Crippen molar-refractivity contribution in [3.05, 3.63) is 159 Å². The number of para-hydroxylation sites is 1. The van der Waals surface area contributed by atoms with Crippen LogP contribution in [0.15, 0.2) is 112 Å². The van der Waals surface area contributed by atoms with Crippen molar-refractivity contribution < 1.29 is 8.83 Å². The van der Waals surface area contributed by atoms with Crippen LogP contribution in [0.3, 0.4) is 0 Å². The van der Waals surface area contributed by atoms with Crippen molar-refractivity contribution >= 4 is 79.3 Å². The predicted octanol–water partition coefficient (Wildman–Crippen LogP) is 20.0. The predicted molar refractivity (Wildman–Crippen MR) is 344 cm³/mol. The summed E-state index contributed by atoms with van der Waals surface area (Å²) >= 11 is 0. The number of anilines is 5. The second-order valence-corrected chi connectivity index (χ2v) is 31.7. The van der Waals surface area contributed by atoms with E-state index in [4.69, 9.17) is 8.83 Å². The van der Waals surface area contributed by atoms with Gasteiger partial charge in [0, 0.05) is 44.2 Å². The maximum absolute atomic E-state index is 7.93. The van der Waals surface area contributed by atoms with Gasteiger partial charge in [0.15, 0.2) is 5.58 Å². The van der Waals surface area contributed by atoms with E-state index in [1.165, 1.54) is 113 Å². The molecule has 0 fully saturated rings. The maximum atomic E-state index is 7.93. The van der Waals surface area contributed by atoms with E-state index in [0.717, 1.165) is 75.9 Å². The third-order valence-corrected chi connectivity index (χ3v) is 22.3. The summed E-state index contributed by atoms with van der Waals surface area (Å²) in [4.78, 5) is 5.35. The molecule has 2 aliphatic heterocycles. The van der Waals surface area contributed by atoms with Crippen LogP contribution in [0.25, 0.3) is 55.2 Å². The van der Waals surface area contributed by atoms with Gasteiger partial charge in [0.25, 0.3) is 0 Å². The van der Waals surface area contributed by atoms with Gasteiger partial charge in [-0.2, -0.15) is 0 Å². The van der Waals surface area contributed by atoms with Crippen LogP contribution in [0.1, 0.15) is 212 Å². The number of aryl methyl sites for hydroxylation is 1. The minimum atomic E-state index is -0.343. The van der Waals surface area contributed by atoms with Gasteiger partial charge < -0.3 is 18.5 Å². The van der Waals surface area contributed by atoms with Gasteiger partial charge in [-0.3, -0.25) is 0 Å². The fraction of sp³-hybridized carbons (Fsp3) is 0.421. The van der Waals surface area contributed by atoms with Crippen molar-refractivity contribution in [1.82, 2.24) is 0 Å². The molecule has 2 aromatic heterocycles. The van der Waals surface area contributed by atoms with Crippen LogP contribution in [0.4, 0.5) is 28.4 Å². The average molecular weight is 1070 g/mol. The third kappa shape index (κ3) is 6.90. The molecule has 15 rings (SSSR count). The number of rotatable bonds is 2. The van der Waals surface area contributed by atoms with E-state index in [-0.39, 0.29) is 50.2 Å². The Balaban J connectivity index is 1.12. The lowest BCUT2D eigenvalue weighted by molar-refractivity contribution is 0.331. The fourth-order valence-corrected chi connectivity index (χ4v) is 16.6. The Kier molecular flexibility index (Phi) is 10.0. The highest BCUT2D eigenvalue weighted by atomic mass is 16.3. The van der Waals surface area contributed by atoms with E-state index in [0.29, 0.717) is 0 Å². The summed E-state index contributed by atoms with van der Waals surface area (Å²) in [7, 11) is 0. The zero-order valence-electron chi connectivity index (χ0n) is 51.8. The van der Waals surface area contributed by atoms with Crippen molar-refractivity contribution in [2.45, 2.75) is 206 Å². The van der Waals surface area contributed by atoms with Crippen LogP contribution < -0.4 is 20.8 Å². The molecule has 0 saturated heterocycles. The molecular formula is C76H83BN2O2. The molecule has 0 N–H and O–H groups in total. The van der Waals surface area contributed by atoms with E-state index in [9.17, 15) is 0 Å². The van der Waals surface area contributed by atoms with E-state index >= 15 is 0 Å². The Labute approximate surface area is 482 Å². The Morgan fingerprint density at radius 1 is 0.432 bits per heavy atom. The summed E-state index contributed by atoms with van der Waals surface area (Å²) < 4.78 is 15.4. The molecule has 0 radical (unpaired) electrons. The van der Waals surface area contributed by atoms with Gasteiger partial charge in [-0.15, -0.1) is 0 Å². The molecular weight excluding hydrogens is 984 g/mol.